The number of nitrogens with zero attached hydrogens (tertiary/aromatic N) is 4. The van der Waals surface area contributed by atoms with E-state index >= 15 is 0 Å². The first-order valence-corrected chi connectivity index (χ1v) is 10.1. The van der Waals surface area contributed by atoms with E-state index in [1.54, 1.807) is 6.33 Å². The molecule has 4 rings (SSSR count). The van der Waals surface area contributed by atoms with Crippen LogP contribution in [0, 0.1) is 17.8 Å². The lowest BCUT2D eigenvalue weighted by Crippen LogP contribution is -2.44. The van der Waals surface area contributed by atoms with Crippen LogP contribution in [0.25, 0.3) is 0 Å². The molecule has 1 aliphatic heterocycles. The smallest absolute Gasteiger partial charge is 0.223 e. The van der Waals surface area contributed by atoms with E-state index < -0.39 is 0 Å². The average molecular weight is 345 g/mol. The quantitative estimate of drug-likeness (QED) is 0.858. The topological polar surface area (TPSA) is 63.1 Å². The van der Waals surface area contributed by atoms with Crippen molar-refractivity contribution in [3.8, 4) is 0 Å². The van der Waals surface area contributed by atoms with Crippen molar-refractivity contribution in [3.05, 3.63) is 12.2 Å². The molecule has 1 aromatic heterocycles. The van der Waals surface area contributed by atoms with E-state index in [1.807, 2.05) is 4.68 Å². The van der Waals surface area contributed by atoms with Crippen LogP contribution in [-0.4, -0.2) is 44.7 Å². The van der Waals surface area contributed by atoms with Gasteiger partial charge in [-0.2, -0.15) is 5.10 Å². The average Bonchev–Trinajstić information content (AvgIpc) is 3.26. The molecule has 1 amide bonds. The summed E-state index contributed by atoms with van der Waals surface area (Å²) in [5, 5.41) is 7.72. The molecule has 3 aliphatic rings. The van der Waals surface area contributed by atoms with Crippen LogP contribution in [0.15, 0.2) is 6.33 Å². The number of carbonyl (C=O) groups excluding carboxylic acids is 1. The number of hydrogen-bond acceptors (Lipinski definition) is 4. The van der Waals surface area contributed by atoms with Gasteiger partial charge in [0.1, 0.15) is 12.2 Å². The van der Waals surface area contributed by atoms with Crippen LogP contribution in [0.5, 0.6) is 0 Å². The summed E-state index contributed by atoms with van der Waals surface area (Å²) in [6, 6.07) is 0.319. The van der Waals surface area contributed by atoms with E-state index in [-0.39, 0.29) is 5.92 Å². The Bertz CT molecular complexity index is 590. The first-order valence-electron chi connectivity index (χ1n) is 10.1. The number of aromatic nitrogens is 3. The van der Waals surface area contributed by atoms with E-state index in [9.17, 15) is 4.79 Å². The van der Waals surface area contributed by atoms with Gasteiger partial charge < -0.3 is 5.32 Å². The zero-order chi connectivity index (χ0) is 17.2. The molecule has 2 unspecified atom stereocenters. The van der Waals surface area contributed by atoms with Crippen molar-refractivity contribution in [2.45, 2.75) is 71.0 Å². The summed E-state index contributed by atoms with van der Waals surface area (Å²) in [6.45, 7) is 5.83. The first kappa shape index (κ1) is 17.0. The van der Waals surface area contributed by atoms with Crippen molar-refractivity contribution in [2.75, 3.05) is 13.1 Å². The molecule has 6 nitrogen and oxygen atoms in total. The zero-order valence-corrected chi connectivity index (χ0v) is 15.4. The minimum atomic E-state index is 0.255. The second kappa shape index (κ2) is 7.44. The minimum absolute atomic E-state index is 0.255. The van der Waals surface area contributed by atoms with Gasteiger partial charge in [0.15, 0.2) is 0 Å². The fourth-order valence-corrected chi connectivity index (χ4v) is 4.74. The van der Waals surface area contributed by atoms with Crippen molar-refractivity contribution < 1.29 is 4.79 Å². The molecule has 0 spiro atoms. The highest BCUT2D eigenvalue weighted by Crippen LogP contribution is 2.42. The van der Waals surface area contributed by atoms with Crippen molar-refractivity contribution in [1.82, 2.24) is 25.0 Å². The van der Waals surface area contributed by atoms with E-state index in [0.717, 1.165) is 50.8 Å². The SMILES string of the molecule is CCn1ncnc1CN1CC(NC(=O)C2CCCCC2)C(C2CC2)C1. The number of hydrogen-bond donors (Lipinski definition) is 1. The van der Waals surface area contributed by atoms with Crippen LogP contribution in [0.1, 0.15) is 57.7 Å². The Balaban J connectivity index is 1.38. The predicted molar refractivity (Wildman–Crippen MR) is 95.7 cm³/mol. The second-order valence-electron chi connectivity index (χ2n) is 8.14. The predicted octanol–water partition coefficient (Wildman–Crippen LogP) is 2.20. The Morgan fingerprint density at radius 3 is 2.72 bits per heavy atom. The van der Waals surface area contributed by atoms with Crippen LogP contribution < -0.4 is 5.32 Å². The van der Waals surface area contributed by atoms with Gasteiger partial charge in [0.25, 0.3) is 0 Å². The van der Waals surface area contributed by atoms with Gasteiger partial charge in [-0.05, 0) is 44.4 Å². The molecule has 3 fully saturated rings. The van der Waals surface area contributed by atoms with Crippen LogP contribution >= 0.6 is 0 Å². The Labute approximate surface area is 150 Å². The number of nitrogens with one attached hydrogen (secondary N) is 1. The van der Waals surface area contributed by atoms with Gasteiger partial charge in [-0.15, -0.1) is 0 Å². The second-order valence-corrected chi connectivity index (χ2v) is 8.14. The normalized spacial score (nSPS) is 28.4. The fraction of sp³-hybridized carbons (Fsp3) is 0.842. The largest absolute Gasteiger partial charge is 0.352 e. The maximum atomic E-state index is 12.7. The molecule has 2 saturated carbocycles. The van der Waals surface area contributed by atoms with Gasteiger partial charge in [-0.1, -0.05) is 19.3 Å². The molecule has 1 N–H and O–H groups in total. The summed E-state index contributed by atoms with van der Waals surface area (Å²) < 4.78 is 1.97. The maximum Gasteiger partial charge on any atom is 0.223 e. The lowest BCUT2D eigenvalue weighted by Gasteiger charge is -2.25. The number of amides is 1. The zero-order valence-electron chi connectivity index (χ0n) is 15.4. The van der Waals surface area contributed by atoms with Gasteiger partial charge in [-0.3, -0.25) is 9.69 Å². The first-order chi connectivity index (χ1) is 12.2. The third-order valence-corrected chi connectivity index (χ3v) is 6.33. The monoisotopic (exact) mass is 345 g/mol. The van der Waals surface area contributed by atoms with Crippen LogP contribution in [0.3, 0.4) is 0 Å². The molecule has 1 saturated heterocycles. The van der Waals surface area contributed by atoms with Crippen molar-refractivity contribution in [1.29, 1.82) is 0 Å². The Kier molecular flexibility index (Phi) is 5.06. The van der Waals surface area contributed by atoms with E-state index in [4.69, 9.17) is 0 Å². The third-order valence-electron chi connectivity index (χ3n) is 6.33. The van der Waals surface area contributed by atoms with Gasteiger partial charge in [0.05, 0.1) is 6.54 Å². The molecular formula is C19H31N5O. The summed E-state index contributed by atoms with van der Waals surface area (Å²) >= 11 is 0. The Hall–Kier alpha value is -1.43. The number of aryl methyl sites for hydroxylation is 1. The number of rotatable bonds is 6. The Morgan fingerprint density at radius 1 is 1.20 bits per heavy atom. The molecular weight excluding hydrogens is 314 g/mol. The molecule has 2 heterocycles. The molecule has 2 aliphatic carbocycles. The van der Waals surface area contributed by atoms with Crippen molar-refractivity contribution >= 4 is 5.91 Å². The number of likely N-dealkylation sites (tertiary alicyclic amines) is 1. The highest BCUT2D eigenvalue weighted by atomic mass is 16.2. The Morgan fingerprint density at radius 2 is 2.00 bits per heavy atom. The van der Waals surface area contributed by atoms with E-state index in [2.05, 4.69) is 27.2 Å². The molecule has 2 atom stereocenters. The highest BCUT2D eigenvalue weighted by molar-refractivity contribution is 5.79. The molecule has 138 valence electrons. The van der Waals surface area contributed by atoms with Crippen LogP contribution in [0.4, 0.5) is 0 Å². The summed E-state index contributed by atoms with van der Waals surface area (Å²) in [4.78, 5) is 19.6. The molecule has 6 heteroatoms. The molecule has 0 radical (unpaired) electrons. The van der Waals surface area contributed by atoms with Gasteiger partial charge >= 0.3 is 0 Å². The third kappa shape index (κ3) is 3.89. The summed E-state index contributed by atoms with van der Waals surface area (Å²) in [7, 11) is 0. The molecule has 1 aromatic rings. The highest BCUT2D eigenvalue weighted by Gasteiger charge is 2.43. The molecule has 0 aromatic carbocycles. The minimum Gasteiger partial charge on any atom is -0.352 e. The van der Waals surface area contributed by atoms with Gasteiger partial charge in [-0.25, -0.2) is 9.67 Å². The molecule has 25 heavy (non-hydrogen) atoms. The maximum absolute atomic E-state index is 12.7. The summed E-state index contributed by atoms with van der Waals surface area (Å²) in [6.07, 6.45) is 10.2. The molecule has 0 bridgehead atoms. The van der Waals surface area contributed by atoms with Crippen molar-refractivity contribution in [2.24, 2.45) is 17.8 Å². The lowest BCUT2D eigenvalue weighted by atomic mass is 9.88. The summed E-state index contributed by atoms with van der Waals surface area (Å²) in [5.41, 5.74) is 0. The van der Waals surface area contributed by atoms with Crippen LogP contribution in [-0.2, 0) is 17.9 Å². The van der Waals surface area contributed by atoms with Gasteiger partial charge in [0.2, 0.25) is 5.91 Å². The fourth-order valence-electron chi connectivity index (χ4n) is 4.74. The standard InChI is InChI=1S/C19H31N5O/c1-2-24-18(20-13-21-24)12-23-10-16(14-8-9-14)17(11-23)22-19(25)15-6-4-3-5-7-15/h13-17H,2-12H2,1H3,(H,22,25). The van der Waals surface area contributed by atoms with E-state index in [0.29, 0.717) is 17.9 Å². The van der Waals surface area contributed by atoms with Crippen molar-refractivity contribution in [3.63, 3.8) is 0 Å². The van der Waals surface area contributed by atoms with E-state index in [1.165, 1.54) is 32.1 Å². The lowest BCUT2D eigenvalue weighted by molar-refractivity contribution is -0.126. The van der Waals surface area contributed by atoms with Gasteiger partial charge in [0, 0.05) is 31.6 Å². The number of carbonyl (C=O) groups is 1. The van der Waals surface area contributed by atoms with Crippen LogP contribution in [0.2, 0.25) is 0 Å². The summed E-state index contributed by atoms with van der Waals surface area (Å²) in [5.74, 6) is 3.03.